The smallest absolute Gasteiger partial charge is 0.240 e. The normalized spacial score (nSPS) is 24.0. The zero-order valence-corrected chi connectivity index (χ0v) is 8.98. The number of piperidine rings is 1. The van der Waals surface area contributed by atoms with Crippen LogP contribution in [0.4, 0.5) is 0 Å². The predicted molar refractivity (Wildman–Crippen MR) is 54.8 cm³/mol. The molecule has 0 spiro atoms. The number of hydrogen-bond acceptors (Lipinski definition) is 3. The fourth-order valence-corrected chi connectivity index (χ4v) is 1.97. The molecular formula is C10H18N2O3. The molecule has 0 radical (unpaired) electrons. The Morgan fingerprint density at radius 3 is 2.87 bits per heavy atom. The zero-order chi connectivity index (χ0) is 11.4. The lowest BCUT2D eigenvalue weighted by molar-refractivity contribution is -0.143. The SMILES string of the molecule is CC[C@@H](C(N)=O)N1C[C@H](CO)CCC1=O. The molecule has 1 aliphatic rings. The van der Waals surface area contributed by atoms with Crippen molar-refractivity contribution in [2.24, 2.45) is 11.7 Å². The van der Waals surface area contributed by atoms with Crippen LogP contribution in [0.2, 0.25) is 0 Å². The number of aliphatic hydroxyl groups excluding tert-OH is 1. The van der Waals surface area contributed by atoms with Crippen molar-refractivity contribution in [1.29, 1.82) is 0 Å². The highest BCUT2D eigenvalue weighted by molar-refractivity contribution is 5.86. The number of rotatable bonds is 4. The maximum absolute atomic E-state index is 11.6. The minimum Gasteiger partial charge on any atom is -0.396 e. The number of hydrogen-bond donors (Lipinski definition) is 2. The Kier molecular flexibility index (Phi) is 4.08. The largest absolute Gasteiger partial charge is 0.396 e. The molecule has 0 saturated carbocycles. The Labute approximate surface area is 89.2 Å². The zero-order valence-electron chi connectivity index (χ0n) is 8.98. The molecule has 3 N–H and O–H groups in total. The van der Waals surface area contributed by atoms with E-state index in [0.29, 0.717) is 25.8 Å². The molecule has 0 aromatic heterocycles. The van der Waals surface area contributed by atoms with Gasteiger partial charge in [0.25, 0.3) is 0 Å². The van der Waals surface area contributed by atoms with Gasteiger partial charge in [0.15, 0.2) is 0 Å². The maximum atomic E-state index is 11.6. The molecule has 5 heteroatoms. The summed E-state index contributed by atoms with van der Waals surface area (Å²) in [7, 11) is 0. The monoisotopic (exact) mass is 214 g/mol. The van der Waals surface area contributed by atoms with Gasteiger partial charge in [-0.2, -0.15) is 0 Å². The highest BCUT2D eigenvalue weighted by Gasteiger charge is 2.32. The van der Waals surface area contributed by atoms with Crippen LogP contribution in [0.3, 0.4) is 0 Å². The standard InChI is InChI=1S/C10H18N2O3/c1-2-8(10(11)15)12-5-7(6-13)3-4-9(12)14/h7-8,13H,2-6H2,1H3,(H2,11,15)/t7-,8+/m1/s1. The van der Waals surface area contributed by atoms with Crippen LogP contribution in [0.1, 0.15) is 26.2 Å². The van der Waals surface area contributed by atoms with Crippen molar-refractivity contribution in [3.63, 3.8) is 0 Å². The van der Waals surface area contributed by atoms with Crippen molar-refractivity contribution in [3.05, 3.63) is 0 Å². The molecule has 1 fully saturated rings. The van der Waals surface area contributed by atoms with Crippen molar-refractivity contribution in [2.45, 2.75) is 32.2 Å². The van der Waals surface area contributed by atoms with Gasteiger partial charge in [0.2, 0.25) is 11.8 Å². The lowest BCUT2D eigenvalue weighted by Gasteiger charge is -2.35. The number of amides is 2. The van der Waals surface area contributed by atoms with Gasteiger partial charge in [-0.05, 0) is 12.8 Å². The van der Waals surface area contributed by atoms with Crippen LogP contribution >= 0.6 is 0 Å². The van der Waals surface area contributed by atoms with Crippen molar-refractivity contribution in [2.75, 3.05) is 13.2 Å². The quantitative estimate of drug-likeness (QED) is 0.660. The summed E-state index contributed by atoms with van der Waals surface area (Å²) in [6.07, 6.45) is 1.62. The molecule has 15 heavy (non-hydrogen) atoms. The first kappa shape index (κ1) is 12.0. The van der Waals surface area contributed by atoms with Crippen LogP contribution in [0.25, 0.3) is 0 Å². The van der Waals surface area contributed by atoms with Crippen LogP contribution in [-0.4, -0.2) is 41.0 Å². The second-order valence-corrected chi connectivity index (χ2v) is 3.96. The molecule has 2 atom stereocenters. The molecule has 1 heterocycles. The van der Waals surface area contributed by atoms with Gasteiger partial charge in [0, 0.05) is 25.5 Å². The number of carbonyl (C=O) groups is 2. The third kappa shape index (κ3) is 2.68. The van der Waals surface area contributed by atoms with E-state index < -0.39 is 11.9 Å². The summed E-state index contributed by atoms with van der Waals surface area (Å²) < 4.78 is 0. The van der Waals surface area contributed by atoms with Gasteiger partial charge in [0.1, 0.15) is 6.04 Å². The summed E-state index contributed by atoms with van der Waals surface area (Å²) in [5, 5.41) is 9.03. The van der Waals surface area contributed by atoms with Crippen LogP contribution in [0, 0.1) is 5.92 Å². The summed E-state index contributed by atoms with van der Waals surface area (Å²) in [6.45, 7) is 2.32. The fraction of sp³-hybridized carbons (Fsp3) is 0.800. The first-order valence-electron chi connectivity index (χ1n) is 5.29. The number of nitrogens with zero attached hydrogens (tertiary/aromatic N) is 1. The first-order valence-corrected chi connectivity index (χ1v) is 5.29. The Morgan fingerprint density at radius 2 is 2.40 bits per heavy atom. The Hall–Kier alpha value is -1.10. The summed E-state index contributed by atoms with van der Waals surface area (Å²) in [4.78, 5) is 24.2. The first-order chi connectivity index (χ1) is 7.10. The third-order valence-electron chi connectivity index (χ3n) is 2.89. The van der Waals surface area contributed by atoms with Crippen LogP contribution < -0.4 is 5.73 Å². The number of nitrogens with two attached hydrogens (primary N) is 1. The van der Waals surface area contributed by atoms with Crippen LogP contribution in [-0.2, 0) is 9.59 Å². The third-order valence-corrected chi connectivity index (χ3v) is 2.89. The van der Waals surface area contributed by atoms with E-state index in [0.717, 1.165) is 0 Å². The van der Waals surface area contributed by atoms with E-state index in [-0.39, 0.29) is 18.4 Å². The summed E-state index contributed by atoms with van der Waals surface area (Å²) in [5.74, 6) is -0.425. The van der Waals surface area contributed by atoms with E-state index in [1.165, 1.54) is 4.90 Å². The average Bonchev–Trinajstić information content (AvgIpc) is 2.21. The predicted octanol–water partition coefficient (Wildman–Crippen LogP) is -0.519. The fourth-order valence-electron chi connectivity index (χ4n) is 1.97. The summed E-state index contributed by atoms with van der Waals surface area (Å²) >= 11 is 0. The lowest BCUT2D eigenvalue weighted by Crippen LogP contribution is -2.52. The van der Waals surface area contributed by atoms with E-state index in [9.17, 15) is 9.59 Å². The van der Waals surface area contributed by atoms with Crippen LogP contribution in [0.15, 0.2) is 0 Å². The van der Waals surface area contributed by atoms with Gasteiger partial charge in [-0.25, -0.2) is 0 Å². The molecule has 2 amide bonds. The minimum atomic E-state index is -0.521. The van der Waals surface area contributed by atoms with E-state index in [1.54, 1.807) is 0 Å². The second kappa shape index (κ2) is 5.11. The average molecular weight is 214 g/mol. The van der Waals surface area contributed by atoms with E-state index in [2.05, 4.69) is 0 Å². The molecule has 1 aliphatic heterocycles. The number of likely N-dealkylation sites (tertiary alicyclic amines) is 1. The van der Waals surface area contributed by atoms with Crippen molar-refractivity contribution in [1.82, 2.24) is 4.90 Å². The number of aliphatic hydroxyl groups is 1. The molecule has 0 aliphatic carbocycles. The van der Waals surface area contributed by atoms with Crippen molar-refractivity contribution >= 4 is 11.8 Å². The van der Waals surface area contributed by atoms with Gasteiger partial charge in [-0.1, -0.05) is 6.92 Å². The topological polar surface area (TPSA) is 83.6 Å². The molecule has 0 unspecified atom stereocenters. The molecule has 5 nitrogen and oxygen atoms in total. The minimum absolute atomic E-state index is 0.0367. The lowest BCUT2D eigenvalue weighted by atomic mass is 9.96. The van der Waals surface area contributed by atoms with Crippen molar-refractivity contribution in [3.8, 4) is 0 Å². The molecule has 0 bridgehead atoms. The molecule has 86 valence electrons. The van der Waals surface area contributed by atoms with E-state index in [1.807, 2.05) is 6.92 Å². The molecular weight excluding hydrogens is 196 g/mol. The summed E-state index contributed by atoms with van der Waals surface area (Å²) in [5.41, 5.74) is 5.23. The molecule has 1 saturated heterocycles. The van der Waals surface area contributed by atoms with Crippen LogP contribution in [0.5, 0.6) is 0 Å². The molecule has 0 aromatic rings. The Bertz CT molecular complexity index is 255. The van der Waals surface area contributed by atoms with Gasteiger partial charge < -0.3 is 15.7 Å². The molecule has 1 rings (SSSR count). The number of carbonyl (C=O) groups excluding carboxylic acids is 2. The summed E-state index contributed by atoms with van der Waals surface area (Å²) in [6, 6.07) is -0.521. The Morgan fingerprint density at radius 1 is 1.73 bits per heavy atom. The van der Waals surface area contributed by atoms with Crippen molar-refractivity contribution < 1.29 is 14.7 Å². The molecule has 0 aromatic carbocycles. The van der Waals surface area contributed by atoms with Gasteiger partial charge in [-0.3, -0.25) is 9.59 Å². The van der Waals surface area contributed by atoms with E-state index in [4.69, 9.17) is 10.8 Å². The highest BCUT2D eigenvalue weighted by atomic mass is 16.3. The van der Waals surface area contributed by atoms with Gasteiger partial charge >= 0.3 is 0 Å². The number of primary amides is 1. The second-order valence-electron chi connectivity index (χ2n) is 3.96. The Balaban J connectivity index is 2.71. The highest BCUT2D eigenvalue weighted by Crippen LogP contribution is 2.20. The van der Waals surface area contributed by atoms with Gasteiger partial charge in [-0.15, -0.1) is 0 Å². The van der Waals surface area contributed by atoms with Gasteiger partial charge in [0.05, 0.1) is 0 Å². The van der Waals surface area contributed by atoms with E-state index >= 15 is 0 Å². The maximum Gasteiger partial charge on any atom is 0.240 e.